The van der Waals surface area contributed by atoms with Crippen molar-refractivity contribution in [3.05, 3.63) is 46.2 Å². The molecule has 0 radical (unpaired) electrons. The fraction of sp³-hybridized carbons (Fsp3) is 0.357. The number of hydrogen-bond acceptors (Lipinski definition) is 2. The Morgan fingerprint density at radius 3 is 2.50 bits per heavy atom. The molecule has 0 unspecified atom stereocenters. The number of anilines is 1. The molecule has 0 amide bonds. The highest BCUT2D eigenvalue weighted by Gasteiger charge is 2.21. The van der Waals surface area contributed by atoms with E-state index in [2.05, 4.69) is 47.9 Å². The van der Waals surface area contributed by atoms with Crippen LogP contribution in [0.3, 0.4) is 0 Å². The molecule has 0 aliphatic carbocycles. The van der Waals surface area contributed by atoms with Crippen molar-refractivity contribution in [2.75, 3.05) is 5.73 Å². The Morgan fingerprint density at radius 2 is 1.94 bits per heavy atom. The van der Waals surface area contributed by atoms with Gasteiger partial charge < -0.3 is 5.73 Å². The predicted octanol–water partition coefficient (Wildman–Crippen LogP) is 3.57. The first kappa shape index (κ1) is 13.1. The third-order valence-electron chi connectivity index (χ3n) is 2.79. The molecule has 0 aliphatic heterocycles. The van der Waals surface area contributed by atoms with E-state index in [0.717, 1.165) is 22.4 Å². The van der Waals surface area contributed by atoms with Gasteiger partial charge in [0.1, 0.15) is 0 Å². The molecule has 2 rings (SSSR count). The zero-order valence-electron chi connectivity index (χ0n) is 10.9. The molecule has 0 atom stereocenters. The molecule has 0 fully saturated rings. The van der Waals surface area contributed by atoms with Gasteiger partial charge in [0.05, 0.1) is 17.9 Å². The standard InChI is InChI=1S/C14H18BrN3/c1-14(2,3)13-12(16)9-18(17-13)8-10-6-4-5-7-11(10)15/h4-7,9H,8,16H2,1-3H3. The van der Waals surface area contributed by atoms with Crippen molar-refractivity contribution in [1.82, 2.24) is 9.78 Å². The van der Waals surface area contributed by atoms with Crippen LogP contribution in [0, 0.1) is 0 Å². The quantitative estimate of drug-likeness (QED) is 0.921. The average Bonchev–Trinajstić information content (AvgIpc) is 2.63. The summed E-state index contributed by atoms with van der Waals surface area (Å²) in [7, 11) is 0. The molecule has 18 heavy (non-hydrogen) atoms. The van der Waals surface area contributed by atoms with Crippen LogP contribution in [-0.2, 0) is 12.0 Å². The summed E-state index contributed by atoms with van der Waals surface area (Å²) in [5, 5.41) is 4.59. The number of hydrogen-bond donors (Lipinski definition) is 1. The average molecular weight is 308 g/mol. The first-order valence-electron chi connectivity index (χ1n) is 5.95. The molecule has 1 heterocycles. The van der Waals surface area contributed by atoms with E-state index in [-0.39, 0.29) is 5.41 Å². The van der Waals surface area contributed by atoms with Gasteiger partial charge in [0.15, 0.2) is 0 Å². The Balaban J connectivity index is 2.29. The second-order valence-corrected chi connectivity index (χ2v) is 6.33. The lowest BCUT2D eigenvalue weighted by Crippen LogP contribution is -2.14. The SMILES string of the molecule is CC(C)(C)c1nn(Cc2ccccc2Br)cc1N. The summed E-state index contributed by atoms with van der Waals surface area (Å²) < 4.78 is 2.99. The highest BCUT2D eigenvalue weighted by molar-refractivity contribution is 9.10. The van der Waals surface area contributed by atoms with Crippen LogP contribution in [0.15, 0.2) is 34.9 Å². The van der Waals surface area contributed by atoms with Gasteiger partial charge in [0, 0.05) is 16.1 Å². The predicted molar refractivity (Wildman–Crippen MR) is 78.6 cm³/mol. The largest absolute Gasteiger partial charge is 0.396 e. The van der Waals surface area contributed by atoms with Crippen molar-refractivity contribution in [2.45, 2.75) is 32.7 Å². The second kappa shape index (κ2) is 4.76. The van der Waals surface area contributed by atoms with Gasteiger partial charge in [-0.15, -0.1) is 0 Å². The first-order valence-corrected chi connectivity index (χ1v) is 6.74. The summed E-state index contributed by atoms with van der Waals surface area (Å²) in [5.74, 6) is 0. The number of nitrogen functional groups attached to an aromatic ring is 1. The molecule has 96 valence electrons. The van der Waals surface area contributed by atoms with Gasteiger partial charge in [-0.2, -0.15) is 5.10 Å². The van der Waals surface area contributed by atoms with E-state index >= 15 is 0 Å². The smallest absolute Gasteiger partial charge is 0.0907 e. The molecule has 0 saturated carbocycles. The summed E-state index contributed by atoms with van der Waals surface area (Å²) in [5.41, 5.74) is 8.91. The van der Waals surface area contributed by atoms with Crippen molar-refractivity contribution in [3.63, 3.8) is 0 Å². The minimum atomic E-state index is -0.0246. The summed E-state index contributed by atoms with van der Waals surface area (Å²) in [6.45, 7) is 7.08. The number of nitrogens with zero attached hydrogens (tertiary/aromatic N) is 2. The minimum absolute atomic E-state index is 0.0246. The van der Waals surface area contributed by atoms with Crippen LogP contribution < -0.4 is 5.73 Å². The van der Waals surface area contributed by atoms with Crippen LogP contribution in [-0.4, -0.2) is 9.78 Å². The maximum absolute atomic E-state index is 6.02. The Kier molecular flexibility index (Phi) is 3.48. The Hall–Kier alpha value is -1.29. The van der Waals surface area contributed by atoms with E-state index in [1.54, 1.807) is 0 Å². The van der Waals surface area contributed by atoms with Gasteiger partial charge in [-0.3, -0.25) is 4.68 Å². The monoisotopic (exact) mass is 307 g/mol. The lowest BCUT2D eigenvalue weighted by molar-refractivity contribution is 0.546. The van der Waals surface area contributed by atoms with Crippen LogP contribution in [0.2, 0.25) is 0 Å². The number of nitrogens with two attached hydrogens (primary N) is 1. The highest BCUT2D eigenvalue weighted by Crippen LogP contribution is 2.26. The molecule has 4 heteroatoms. The topological polar surface area (TPSA) is 43.8 Å². The molecule has 1 aromatic heterocycles. The normalized spacial score (nSPS) is 11.8. The summed E-state index contributed by atoms with van der Waals surface area (Å²) in [6, 6.07) is 8.15. The first-order chi connectivity index (χ1) is 8.38. The van der Waals surface area contributed by atoms with E-state index in [0.29, 0.717) is 0 Å². The van der Waals surface area contributed by atoms with E-state index in [1.165, 1.54) is 5.56 Å². The zero-order chi connectivity index (χ0) is 13.3. The van der Waals surface area contributed by atoms with E-state index in [4.69, 9.17) is 5.73 Å². The maximum atomic E-state index is 6.02. The lowest BCUT2D eigenvalue weighted by Gasteiger charge is -2.15. The molecule has 3 nitrogen and oxygen atoms in total. The van der Waals surface area contributed by atoms with Crippen molar-refractivity contribution in [3.8, 4) is 0 Å². The molecule has 1 aromatic carbocycles. The summed E-state index contributed by atoms with van der Waals surface area (Å²) >= 11 is 3.55. The number of halogens is 1. The van der Waals surface area contributed by atoms with Gasteiger partial charge in [0.25, 0.3) is 0 Å². The Morgan fingerprint density at radius 1 is 1.28 bits per heavy atom. The molecule has 0 spiro atoms. The van der Waals surface area contributed by atoms with Gasteiger partial charge in [-0.05, 0) is 11.6 Å². The Labute approximate surface area is 116 Å². The van der Waals surface area contributed by atoms with Gasteiger partial charge in [-0.25, -0.2) is 0 Å². The fourth-order valence-corrected chi connectivity index (χ4v) is 2.31. The van der Waals surface area contributed by atoms with Crippen LogP contribution >= 0.6 is 15.9 Å². The van der Waals surface area contributed by atoms with E-state index in [9.17, 15) is 0 Å². The van der Waals surface area contributed by atoms with Crippen LogP contribution in [0.5, 0.6) is 0 Å². The molecule has 0 saturated heterocycles. The van der Waals surface area contributed by atoms with Gasteiger partial charge in [-0.1, -0.05) is 54.9 Å². The third-order valence-corrected chi connectivity index (χ3v) is 3.56. The van der Waals surface area contributed by atoms with Crippen molar-refractivity contribution in [1.29, 1.82) is 0 Å². The third kappa shape index (κ3) is 2.75. The molecular weight excluding hydrogens is 290 g/mol. The molecule has 0 aliphatic rings. The van der Waals surface area contributed by atoms with Gasteiger partial charge in [0.2, 0.25) is 0 Å². The zero-order valence-corrected chi connectivity index (χ0v) is 12.5. The van der Waals surface area contributed by atoms with Crippen molar-refractivity contribution in [2.24, 2.45) is 0 Å². The van der Waals surface area contributed by atoms with Gasteiger partial charge >= 0.3 is 0 Å². The van der Waals surface area contributed by atoms with Crippen molar-refractivity contribution >= 4 is 21.6 Å². The second-order valence-electron chi connectivity index (χ2n) is 5.47. The van der Waals surface area contributed by atoms with Crippen molar-refractivity contribution < 1.29 is 0 Å². The summed E-state index contributed by atoms with van der Waals surface area (Å²) in [6.07, 6.45) is 1.90. The molecular formula is C14H18BrN3. The molecule has 2 aromatic rings. The lowest BCUT2D eigenvalue weighted by atomic mass is 9.92. The highest BCUT2D eigenvalue weighted by atomic mass is 79.9. The van der Waals surface area contributed by atoms with E-state index in [1.807, 2.05) is 29.1 Å². The fourth-order valence-electron chi connectivity index (χ4n) is 1.90. The summed E-state index contributed by atoms with van der Waals surface area (Å²) in [4.78, 5) is 0. The minimum Gasteiger partial charge on any atom is -0.396 e. The Bertz CT molecular complexity index is 552. The van der Waals surface area contributed by atoms with Crippen LogP contribution in [0.1, 0.15) is 32.0 Å². The number of rotatable bonds is 2. The number of benzene rings is 1. The molecule has 2 N–H and O–H groups in total. The number of aromatic nitrogens is 2. The van der Waals surface area contributed by atoms with E-state index < -0.39 is 0 Å². The maximum Gasteiger partial charge on any atom is 0.0907 e. The van der Waals surface area contributed by atoms with Crippen LogP contribution in [0.4, 0.5) is 5.69 Å². The van der Waals surface area contributed by atoms with Crippen LogP contribution in [0.25, 0.3) is 0 Å². The molecule has 0 bridgehead atoms.